The molecular formula is C13H20N2. The van der Waals surface area contributed by atoms with E-state index in [-0.39, 0.29) is 5.54 Å². The summed E-state index contributed by atoms with van der Waals surface area (Å²) in [6.07, 6.45) is 2.42. The number of nitrogens with zero attached hydrogens (tertiary/aromatic N) is 1. The van der Waals surface area contributed by atoms with Crippen LogP contribution in [-0.2, 0) is 6.42 Å². The van der Waals surface area contributed by atoms with Crippen LogP contribution in [0, 0.1) is 0 Å². The van der Waals surface area contributed by atoms with Gasteiger partial charge in [0.25, 0.3) is 0 Å². The molecular weight excluding hydrogens is 184 g/mol. The van der Waals surface area contributed by atoms with E-state index in [4.69, 9.17) is 5.73 Å². The van der Waals surface area contributed by atoms with Crippen LogP contribution in [0.3, 0.4) is 0 Å². The highest BCUT2D eigenvalue weighted by Crippen LogP contribution is 2.17. The summed E-state index contributed by atoms with van der Waals surface area (Å²) in [5.41, 5.74) is 7.47. The second-order valence-electron chi connectivity index (χ2n) is 4.95. The highest BCUT2D eigenvalue weighted by molar-refractivity contribution is 5.14. The molecule has 0 unspecified atom stereocenters. The minimum absolute atomic E-state index is 0.0761. The van der Waals surface area contributed by atoms with Gasteiger partial charge in [-0.3, -0.25) is 4.90 Å². The Morgan fingerprint density at radius 2 is 1.93 bits per heavy atom. The zero-order chi connectivity index (χ0) is 10.7. The molecule has 1 aromatic rings. The predicted molar refractivity (Wildman–Crippen MR) is 63.8 cm³/mol. The van der Waals surface area contributed by atoms with Gasteiger partial charge in [-0.1, -0.05) is 30.3 Å². The van der Waals surface area contributed by atoms with E-state index in [0.29, 0.717) is 0 Å². The van der Waals surface area contributed by atoms with Gasteiger partial charge in [0, 0.05) is 18.6 Å². The first kappa shape index (κ1) is 10.7. The smallest absolute Gasteiger partial charge is 0.0383 e. The van der Waals surface area contributed by atoms with Crippen LogP contribution in [0.4, 0.5) is 0 Å². The quantitative estimate of drug-likeness (QED) is 0.808. The number of hydrogen-bond acceptors (Lipinski definition) is 2. The van der Waals surface area contributed by atoms with E-state index in [1.54, 1.807) is 0 Å². The van der Waals surface area contributed by atoms with Crippen LogP contribution in [0.25, 0.3) is 0 Å². The molecule has 0 aliphatic carbocycles. The first-order valence-corrected chi connectivity index (χ1v) is 5.71. The molecule has 1 heterocycles. The fourth-order valence-electron chi connectivity index (χ4n) is 2.28. The van der Waals surface area contributed by atoms with Crippen molar-refractivity contribution in [3.63, 3.8) is 0 Å². The van der Waals surface area contributed by atoms with E-state index in [0.717, 1.165) is 13.1 Å². The summed E-state index contributed by atoms with van der Waals surface area (Å²) in [4.78, 5) is 2.43. The molecule has 2 nitrogen and oxygen atoms in total. The van der Waals surface area contributed by atoms with Crippen molar-refractivity contribution in [3.05, 3.63) is 35.9 Å². The standard InChI is InChI=1S/C13H20N2/c1-13(14)10-15(11-13)9-5-8-12-6-3-2-4-7-12/h2-4,6-7H,5,8-11,14H2,1H3. The monoisotopic (exact) mass is 204 g/mol. The van der Waals surface area contributed by atoms with E-state index in [1.165, 1.54) is 24.9 Å². The summed E-state index contributed by atoms with van der Waals surface area (Å²) in [6.45, 7) is 5.42. The lowest BCUT2D eigenvalue weighted by Gasteiger charge is -2.45. The summed E-state index contributed by atoms with van der Waals surface area (Å²) in [7, 11) is 0. The molecule has 82 valence electrons. The summed E-state index contributed by atoms with van der Waals surface area (Å²) in [5.74, 6) is 0. The molecule has 0 saturated carbocycles. The Bertz CT molecular complexity index is 298. The molecule has 2 rings (SSSR count). The van der Waals surface area contributed by atoms with Crippen LogP contribution >= 0.6 is 0 Å². The lowest BCUT2D eigenvalue weighted by atomic mass is 9.93. The molecule has 1 saturated heterocycles. The van der Waals surface area contributed by atoms with E-state index >= 15 is 0 Å². The van der Waals surface area contributed by atoms with Gasteiger partial charge in [-0.2, -0.15) is 0 Å². The van der Waals surface area contributed by atoms with Crippen LogP contribution in [-0.4, -0.2) is 30.1 Å². The summed E-state index contributed by atoms with van der Waals surface area (Å²) < 4.78 is 0. The molecule has 0 spiro atoms. The number of nitrogens with two attached hydrogens (primary N) is 1. The Balaban J connectivity index is 1.64. The third-order valence-electron chi connectivity index (χ3n) is 2.95. The van der Waals surface area contributed by atoms with Crippen molar-refractivity contribution in [1.29, 1.82) is 0 Å². The molecule has 15 heavy (non-hydrogen) atoms. The van der Waals surface area contributed by atoms with E-state index in [2.05, 4.69) is 42.2 Å². The molecule has 0 amide bonds. The fraction of sp³-hybridized carbons (Fsp3) is 0.538. The Kier molecular flexibility index (Phi) is 3.08. The SMILES string of the molecule is CC1(N)CN(CCCc2ccccc2)C1. The maximum absolute atomic E-state index is 5.95. The number of benzene rings is 1. The molecule has 1 aliphatic rings. The van der Waals surface area contributed by atoms with Crippen LogP contribution in [0.2, 0.25) is 0 Å². The van der Waals surface area contributed by atoms with E-state index in [1.807, 2.05) is 0 Å². The summed E-state index contributed by atoms with van der Waals surface area (Å²) in [5, 5.41) is 0. The highest BCUT2D eigenvalue weighted by Gasteiger charge is 2.33. The zero-order valence-electron chi connectivity index (χ0n) is 9.45. The van der Waals surface area contributed by atoms with Gasteiger partial charge in [-0.25, -0.2) is 0 Å². The summed E-state index contributed by atoms with van der Waals surface area (Å²) >= 11 is 0. The molecule has 0 bridgehead atoms. The van der Waals surface area contributed by atoms with Crippen molar-refractivity contribution < 1.29 is 0 Å². The highest BCUT2D eigenvalue weighted by atomic mass is 15.2. The molecule has 0 aromatic heterocycles. The zero-order valence-corrected chi connectivity index (χ0v) is 9.45. The van der Waals surface area contributed by atoms with E-state index in [9.17, 15) is 0 Å². The van der Waals surface area contributed by atoms with Crippen molar-refractivity contribution in [1.82, 2.24) is 4.90 Å². The molecule has 0 atom stereocenters. The van der Waals surface area contributed by atoms with Crippen LogP contribution in [0.1, 0.15) is 18.9 Å². The average molecular weight is 204 g/mol. The van der Waals surface area contributed by atoms with Gasteiger partial charge >= 0.3 is 0 Å². The number of rotatable bonds is 4. The Morgan fingerprint density at radius 3 is 2.53 bits per heavy atom. The molecule has 2 heteroatoms. The van der Waals surface area contributed by atoms with Gasteiger partial charge in [0.05, 0.1) is 0 Å². The lowest BCUT2D eigenvalue weighted by Crippen LogP contribution is -2.65. The molecule has 1 aliphatic heterocycles. The molecule has 1 fully saturated rings. The number of hydrogen-bond donors (Lipinski definition) is 1. The van der Waals surface area contributed by atoms with Crippen molar-refractivity contribution in [2.45, 2.75) is 25.3 Å². The Hall–Kier alpha value is -0.860. The Morgan fingerprint density at radius 1 is 1.27 bits per heavy atom. The maximum atomic E-state index is 5.95. The maximum Gasteiger partial charge on any atom is 0.0383 e. The van der Waals surface area contributed by atoms with Gasteiger partial charge in [0.2, 0.25) is 0 Å². The third kappa shape index (κ3) is 3.05. The minimum atomic E-state index is 0.0761. The first-order chi connectivity index (χ1) is 7.16. The van der Waals surface area contributed by atoms with E-state index < -0.39 is 0 Å². The average Bonchev–Trinajstić information content (AvgIpc) is 2.16. The van der Waals surface area contributed by atoms with Gasteiger partial charge in [-0.15, -0.1) is 0 Å². The number of likely N-dealkylation sites (tertiary alicyclic amines) is 1. The van der Waals surface area contributed by atoms with Crippen molar-refractivity contribution in [2.24, 2.45) is 5.73 Å². The van der Waals surface area contributed by atoms with Crippen LogP contribution in [0.15, 0.2) is 30.3 Å². The predicted octanol–water partition coefficient (Wildman–Crippen LogP) is 1.65. The van der Waals surface area contributed by atoms with Crippen LogP contribution < -0.4 is 5.73 Å². The van der Waals surface area contributed by atoms with Crippen molar-refractivity contribution in [2.75, 3.05) is 19.6 Å². The normalized spacial score (nSPS) is 19.9. The fourth-order valence-corrected chi connectivity index (χ4v) is 2.28. The largest absolute Gasteiger partial charge is 0.323 e. The third-order valence-corrected chi connectivity index (χ3v) is 2.95. The topological polar surface area (TPSA) is 29.3 Å². The minimum Gasteiger partial charge on any atom is -0.323 e. The number of aryl methyl sites for hydroxylation is 1. The van der Waals surface area contributed by atoms with Gasteiger partial charge in [-0.05, 0) is 31.9 Å². The van der Waals surface area contributed by atoms with Crippen molar-refractivity contribution >= 4 is 0 Å². The molecule has 2 N–H and O–H groups in total. The second kappa shape index (κ2) is 4.33. The first-order valence-electron chi connectivity index (χ1n) is 5.71. The summed E-state index contributed by atoms with van der Waals surface area (Å²) in [6, 6.07) is 10.7. The lowest BCUT2D eigenvalue weighted by molar-refractivity contribution is 0.0831. The molecule has 0 radical (unpaired) electrons. The Labute approximate surface area is 92.1 Å². The molecule has 1 aromatic carbocycles. The van der Waals surface area contributed by atoms with Crippen molar-refractivity contribution in [3.8, 4) is 0 Å². The second-order valence-corrected chi connectivity index (χ2v) is 4.95. The van der Waals surface area contributed by atoms with Gasteiger partial charge in [0.1, 0.15) is 0 Å². The van der Waals surface area contributed by atoms with Gasteiger partial charge in [0.15, 0.2) is 0 Å². The van der Waals surface area contributed by atoms with Crippen LogP contribution in [0.5, 0.6) is 0 Å². The van der Waals surface area contributed by atoms with Gasteiger partial charge < -0.3 is 5.73 Å².